The first-order valence-corrected chi connectivity index (χ1v) is 11.9. The van der Waals surface area contributed by atoms with Gasteiger partial charge in [0.05, 0.1) is 5.92 Å². The van der Waals surface area contributed by atoms with Gasteiger partial charge in [0.1, 0.15) is 6.61 Å². The number of benzene rings is 2. The standard InChI is InChI=1S/C27H32N2O5/c1-17(26(31)32)15-29(2)25(30)18-11-13-19(14-12-18)28-27(33)34-16-24-22-9-5-3-7-20(22)21-8-4-6-10-23(21)24/h3-10,17-19,24H,11-16H2,1-2H3,(H,28,33)(H,31,32). The zero-order valence-electron chi connectivity index (χ0n) is 19.7. The van der Waals surface area contributed by atoms with Crippen molar-refractivity contribution in [1.82, 2.24) is 10.2 Å². The monoisotopic (exact) mass is 464 g/mol. The summed E-state index contributed by atoms with van der Waals surface area (Å²) in [6, 6.07) is 16.4. The van der Waals surface area contributed by atoms with E-state index < -0.39 is 18.0 Å². The number of carboxylic acid groups (broad SMARTS) is 1. The number of amides is 2. The summed E-state index contributed by atoms with van der Waals surface area (Å²) >= 11 is 0. The zero-order valence-corrected chi connectivity index (χ0v) is 19.7. The fraction of sp³-hybridized carbons (Fsp3) is 0.444. The quantitative estimate of drug-likeness (QED) is 0.638. The molecule has 0 aromatic heterocycles. The second-order valence-electron chi connectivity index (χ2n) is 9.48. The van der Waals surface area contributed by atoms with Crippen LogP contribution in [0.3, 0.4) is 0 Å². The Labute approximate surface area is 200 Å². The number of alkyl carbamates (subject to hydrolysis) is 1. The number of fused-ring (bicyclic) bond motifs is 3. The lowest BCUT2D eigenvalue weighted by Crippen LogP contribution is -2.43. The number of ether oxygens (including phenoxy) is 1. The molecule has 2 aromatic rings. The largest absolute Gasteiger partial charge is 0.481 e. The number of aliphatic carboxylic acids is 1. The second kappa shape index (κ2) is 10.3. The van der Waals surface area contributed by atoms with Crippen molar-refractivity contribution in [3.8, 4) is 11.1 Å². The van der Waals surface area contributed by atoms with Crippen molar-refractivity contribution in [2.45, 2.75) is 44.6 Å². The lowest BCUT2D eigenvalue weighted by Gasteiger charge is -2.31. The summed E-state index contributed by atoms with van der Waals surface area (Å²) in [6.45, 7) is 2.08. The highest BCUT2D eigenvalue weighted by Crippen LogP contribution is 2.44. The third kappa shape index (κ3) is 5.08. The molecule has 2 amide bonds. The molecule has 7 nitrogen and oxygen atoms in total. The molecule has 2 N–H and O–H groups in total. The number of carboxylic acids is 1. The van der Waals surface area contributed by atoms with Gasteiger partial charge in [-0.05, 0) is 47.9 Å². The number of carbonyl (C=O) groups excluding carboxylic acids is 2. The van der Waals surface area contributed by atoms with Crippen LogP contribution in [-0.4, -0.2) is 54.2 Å². The molecule has 2 aromatic carbocycles. The van der Waals surface area contributed by atoms with E-state index in [1.54, 1.807) is 14.0 Å². The molecule has 1 saturated carbocycles. The topological polar surface area (TPSA) is 95.9 Å². The number of rotatable bonds is 7. The van der Waals surface area contributed by atoms with E-state index in [1.165, 1.54) is 27.2 Å². The lowest BCUT2D eigenvalue weighted by molar-refractivity contribution is -0.143. The molecular weight excluding hydrogens is 432 g/mol. The molecule has 0 bridgehead atoms. The van der Waals surface area contributed by atoms with Crippen molar-refractivity contribution in [3.05, 3.63) is 59.7 Å². The van der Waals surface area contributed by atoms with Crippen molar-refractivity contribution >= 4 is 18.0 Å². The predicted molar refractivity (Wildman–Crippen MR) is 128 cm³/mol. The molecule has 1 unspecified atom stereocenters. The summed E-state index contributed by atoms with van der Waals surface area (Å²) in [7, 11) is 1.66. The molecule has 0 spiro atoms. The van der Waals surface area contributed by atoms with E-state index in [9.17, 15) is 14.4 Å². The third-order valence-corrected chi connectivity index (χ3v) is 7.09. The number of hydrogen-bond acceptors (Lipinski definition) is 4. The first kappa shape index (κ1) is 23.8. The molecule has 0 saturated heterocycles. The summed E-state index contributed by atoms with van der Waals surface area (Å²) in [6.07, 6.45) is 2.30. The average Bonchev–Trinajstić information content (AvgIpc) is 3.16. The van der Waals surface area contributed by atoms with Gasteiger partial charge in [0.15, 0.2) is 0 Å². The maximum atomic E-state index is 12.7. The van der Waals surface area contributed by atoms with Crippen molar-refractivity contribution < 1.29 is 24.2 Å². The Hall–Kier alpha value is -3.35. The Morgan fingerprint density at radius 2 is 1.56 bits per heavy atom. The number of hydrogen-bond donors (Lipinski definition) is 2. The molecule has 0 radical (unpaired) electrons. The van der Waals surface area contributed by atoms with Gasteiger partial charge in [0, 0.05) is 31.5 Å². The fourth-order valence-corrected chi connectivity index (χ4v) is 5.18. The Bertz CT molecular complexity index is 1010. The highest BCUT2D eigenvalue weighted by molar-refractivity contribution is 5.80. The first-order valence-electron chi connectivity index (χ1n) is 11.9. The highest BCUT2D eigenvalue weighted by Gasteiger charge is 2.32. The third-order valence-electron chi connectivity index (χ3n) is 7.09. The van der Waals surface area contributed by atoms with Gasteiger partial charge >= 0.3 is 12.1 Å². The van der Waals surface area contributed by atoms with Crippen LogP contribution in [0.2, 0.25) is 0 Å². The summed E-state index contributed by atoms with van der Waals surface area (Å²) in [5.74, 6) is -1.63. The Morgan fingerprint density at radius 1 is 1.00 bits per heavy atom. The number of nitrogens with zero attached hydrogens (tertiary/aromatic N) is 1. The van der Waals surface area contributed by atoms with Crippen molar-refractivity contribution in [2.75, 3.05) is 20.2 Å². The van der Waals surface area contributed by atoms with E-state index in [0.717, 1.165) is 0 Å². The van der Waals surface area contributed by atoms with Gasteiger partial charge in [-0.2, -0.15) is 0 Å². The second-order valence-corrected chi connectivity index (χ2v) is 9.48. The van der Waals surface area contributed by atoms with Crippen LogP contribution >= 0.6 is 0 Å². The molecule has 1 fully saturated rings. The predicted octanol–water partition coefficient (Wildman–Crippen LogP) is 4.26. The van der Waals surface area contributed by atoms with E-state index in [2.05, 4.69) is 29.6 Å². The van der Waals surface area contributed by atoms with Crippen molar-refractivity contribution in [2.24, 2.45) is 11.8 Å². The van der Waals surface area contributed by atoms with Gasteiger partial charge in [-0.15, -0.1) is 0 Å². The maximum Gasteiger partial charge on any atom is 0.407 e. The number of nitrogens with one attached hydrogen (secondary N) is 1. The smallest absolute Gasteiger partial charge is 0.407 e. The highest BCUT2D eigenvalue weighted by atomic mass is 16.5. The van der Waals surface area contributed by atoms with Crippen LogP contribution in [0.25, 0.3) is 11.1 Å². The molecule has 0 heterocycles. The molecule has 4 rings (SSSR count). The molecule has 7 heteroatoms. The van der Waals surface area contributed by atoms with Crippen LogP contribution in [0, 0.1) is 11.8 Å². The van der Waals surface area contributed by atoms with E-state index in [4.69, 9.17) is 9.84 Å². The van der Waals surface area contributed by atoms with Gasteiger partial charge in [0.2, 0.25) is 5.91 Å². The molecule has 180 valence electrons. The van der Waals surface area contributed by atoms with E-state index >= 15 is 0 Å². The van der Waals surface area contributed by atoms with E-state index in [1.807, 2.05) is 24.3 Å². The van der Waals surface area contributed by atoms with Crippen LogP contribution < -0.4 is 5.32 Å². The molecule has 2 aliphatic carbocycles. The SMILES string of the molecule is CC(CN(C)C(=O)C1CCC(NC(=O)OCC2c3ccccc3-c3ccccc32)CC1)C(=O)O. The zero-order chi connectivity index (χ0) is 24.2. The van der Waals surface area contributed by atoms with Crippen LogP contribution in [0.4, 0.5) is 4.79 Å². The molecule has 2 aliphatic rings. The average molecular weight is 465 g/mol. The van der Waals surface area contributed by atoms with Crippen molar-refractivity contribution in [1.29, 1.82) is 0 Å². The first-order chi connectivity index (χ1) is 16.3. The Morgan fingerprint density at radius 3 is 2.12 bits per heavy atom. The van der Waals surface area contributed by atoms with Crippen molar-refractivity contribution in [3.63, 3.8) is 0 Å². The lowest BCUT2D eigenvalue weighted by atomic mass is 9.85. The van der Waals surface area contributed by atoms with E-state index in [0.29, 0.717) is 25.7 Å². The van der Waals surface area contributed by atoms with Crippen LogP contribution in [0.5, 0.6) is 0 Å². The minimum absolute atomic E-state index is 0.0207. The Kier molecular flexibility index (Phi) is 7.20. The minimum Gasteiger partial charge on any atom is -0.481 e. The van der Waals surface area contributed by atoms with Crippen LogP contribution in [0.1, 0.15) is 49.7 Å². The summed E-state index contributed by atoms with van der Waals surface area (Å²) in [5.41, 5.74) is 4.74. The fourth-order valence-electron chi connectivity index (χ4n) is 5.18. The van der Waals surface area contributed by atoms with Gasteiger partial charge in [-0.1, -0.05) is 55.5 Å². The van der Waals surface area contributed by atoms with Gasteiger partial charge in [-0.25, -0.2) is 4.79 Å². The molecule has 34 heavy (non-hydrogen) atoms. The van der Waals surface area contributed by atoms with Crippen LogP contribution in [0.15, 0.2) is 48.5 Å². The van der Waals surface area contributed by atoms with Gasteiger partial charge < -0.3 is 20.1 Å². The summed E-state index contributed by atoms with van der Waals surface area (Å²) in [5, 5.41) is 12.0. The van der Waals surface area contributed by atoms with Gasteiger partial charge in [-0.3, -0.25) is 9.59 Å². The van der Waals surface area contributed by atoms with Crippen LogP contribution in [-0.2, 0) is 14.3 Å². The normalized spacial score (nSPS) is 20.1. The summed E-state index contributed by atoms with van der Waals surface area (Å²) in [4.78, 5) is 37.8. The van der Waals surface area contributed by atoms with E-state index in [-0.39, 0.29) is 36.9 Å². The Balaban J connectivity index is 1.25. The maximum absolute atomic E-state index is 12.7. The summed E-state index contributed by atoms with van der Waals surface area (Å²) < 4.78 is 5.64. The number of carbonyl (C=O) groups is 3. The molecular formula is C27H32N2O5. The molecule has 1 atom stereocenters. The van der Waals surface area contributed by atoms with Gasteiger partial charge in [0.25, 0.3) is 0 Å². The minimum atomic E-state index is -0.907. The molecule has 0 aliphatic heterocycles.